The van der Waals surface area contributed by atoms with Gasteiger partial charge >= 0.3 is 0 Å². The number of rotatable bonds is 45. The molecule has 2 aliphatic rings. The van der Waals surface area contributed by atoms with Gasteiger partial charge in [0, 0.05) is 46.4 Å². The Morgan fingerprint density at radius 3 is 1.10 bits per heavy atom. The van der Waals surface area contributed by atoms with Gasteiger partial charge in [-0.05, 0) is 303 Å². The van der Waals surface area contributed by atoms with E-state index in [0.717, 1.165) is 240 Å². The van der Waals surface area contributed by atoms with E-state index in [0.29, 0.717) is 31.1 Å². The van der Waals surface area contributed by atoms with E-state index in [4.69, 9.17) is 38.9 Å². The third kappa shape index (κ3) is 48.3. The predicted octanol–water partition coefficient (Wildman–Crippen LogP) is 23.4. The Labute approximate surface area is 683 Å². The number of benzene rings is 7. The number of ether oxygens (including phenoxy) is 7. The molecule has 620 valence electrons. The molecular weight excluding hydrogens is 1410 g/mol. The van der Waals surface area contributed by atoms with Gasteiger partial charge in [-0.15, -0.1) is 0 Å². The minimum atomic E-state index is -0.439. The summed E-state index contributed by atoms with van der Waals surface area (Å²) in [5.74, 6) is 8.34. The Bertz CT molecular complexity index is 3500. The molecule has 0 aromatic heterocycles. The summed E-state index contributed by atoms with van der Waals surface area (Å²) in [7, 11) is 3.60. The van der Waals surface area contributed by atoms with Crippen LogP contribution in [0.15, 0.2) is 176 Å². The van der Waals surface area contributed by atoms with E-state index >= 15 is 0 Å². The molecule has 2 fully saturated rings. The number of aryl methyl sites for hydroxylation is 7. The van der Waals surface area contributed by atoms with Gasteiger partial charge in [0.2, 0.25) is 11.8 Å². The topological polar surface area (TPSA) is 165 Å². The molecule has 14 heteroatoms. The van der Waals surface area contributed by atoms with Crippen LogP contribution in [0.2, 0.25) is 0 Å². The van der Waals surface area contributed by atoms with Crippen LogP contribution in [0, 0.1) is 0 Å². The molecule has 2 saturated heterocycles. The van der Waals surface area contributed by atoms with Gasteiger partial charge < -0.3 is 48.9 Å². The zero-order chi connectivity index (χ0) is 80.0. The first-order valence-corrected chi connectivity index (χ1v) is 43.5. The van der Waals surface area contributed by atoms with Gasteiger partial charge in [0.25, 0.3) is 0 Å². The Morgan fingerprint density at radius 1 is 0.429 bits per heavy atom. The summed E-state index contributed by atoms with van der Waals surface area (Å²) in [5, 5.41) is 10.5. The van der Waals surface area contributed by atoms with Crippen LogP contribution in [0.4, 0.5) is 0 Å². The predicted molar refractivity (Wildman–Crippen MR) is 471 cm³/mol. The van der Waals surface area contributed by atoms with Gasteiger partial charge in [-0.1, -0.05) is 159 Å². The van der Waals surface area contributed by atoms with Gasteiger partial charge in [-0.2, -0.15) is 11.8 Å². The van der Waals surface area contributed by atoms with E-state index in [2.05, 4.69) is 157 Å². The molecule has 0 aliphatic carbocycles. The first-order chi connectivity index (χ1) is 54.1. The number of aliphatic hydroxyl groups is 1. The van der Waals surface area contributed by atoms with Crippen LogP contribution in [0.5, 0.6) is 34.5 Å². The minimum absolute atomic E-state index is 0. The lowest BCUT2D eigenvalue weighted by Crippen LogP contribution is -2.33. The fourth-order valence-electron chi connectivity index (χ4n) is 12.4. The molecule has 3 N–H and O–H groups in total. The van der Waals surface area contributed by atoms with Crippen molar-refractivity contribution < 1.29 is 52.6 Å². The van der Waals surface area contributed by atoms with E-state index in [1.54, 1.807) is 19.0 Å². The van der Waals surface area contributed by atoms with Crippen LogP contribution in [-0.4, -0.2) is 111 Å². The quantitative estimate of drug-likeness (QED) is 0.0348. The molecule has 7 aromatic rings. The molecule has 9 rings (SSSR count). The first-order valence-electron chi connectivity index (χ1n) is 42.4. The van der Waals surface area contributed by atoms with E-state index < -0.39 is 5.60 Å². The second kappa shape index (κ2) is 63.6. The highest BCUT2D eigenvalue weighted by Crippen LogP contribution is 2.32. The Morgan fingerprint density at radius 2 is 0.759 bits per heavy atom. The molecule has 1 atom stereocenters. The maximum Gasteiger partial charge on any atom is 0.222 e. The molecule has 112 heavy (non-hydrogen) atoms. The number of hydrogen-bond donors (Lipinski definition) is 2. The van der Waals surface area contributed by atoms with Crippen molar-refractivity contribution in [2.24, 2.45) is 5.73 Å². The van der Waals surface area contributed by atoms with Crippen LogP contribution in [0.25, 0.3) is 0 Å². The normalized spacial score (nSPS) is 13.1. The number of amides is 2. The van der Waals surface area contributed by atoms with Gasteiger partial charge in [0.05, 0.1) is 51.3 Å². The number of hydrogen-bond acceptors (Lipinski definition) is 12. The van der Waals surface area contributed by atoms with E-state index in [-0.39, 0.29) is 19.2 Å². The molecule has 0 spiro atoms. The lowest BCUT2D eigenvalue weighted by Gasteiger charge is -2.31. The van der Waals surface area contributed by atoms with Crippen molar-refractivity contribution in [3.63, 3.8) is 0 Å². The highest BCUT2D eigenvalue weighted by Gasteiger charge is 2.29. The smallest absolute Gasteiger partial charge is 0.222 e. The number of ketones is 1. The summed E-state index contributed by atoms with van der Waals surface area (Å²) in [6, 6.07) is 60.6. The van der Waals surface area contributed by atoms with Gasteiger partial charge in [0.1, 0.15) is 40.3 Å². The fourth-order valence-corrected chi connectivity index (χ4v) is 13.6. The lowest BCUT2D eigenvalue weighted by molar-refractivity contribution is -0.128. The average Bonchev–Trinajstić information content (AvgIpc) is 0.819. The summed E-state index contributed by atoms with van der Waals surface area (Å²) in [6.07, 6.45) is 32.5. The summed E-state index contributed by atoms with van der Waals surface area (Å²) in [6.45, 7) is 20.2. The van der Waals surface area contributed by atoms with Gasteiger partial charge in [-0.3, -0.25) is 14.4 Å². The van der Waals surface area contributed by atoms with Crippen molar-refractivity contribution in [3.8, 4) is 34.5 Å². The molecule has 0 bridgehead atoms. The minimum Gasteiger partial charge on any atom is -0.494 e. The number of Topliss-reactive ketones (excluding diaryl/α,β-unsaturated/α-hetero) is 1. The lowest BCUT2D eigenvalue weighted by atomic mass is 9.89. The van der Waals surface area contributed by atoms with Crippen LogP contribution in [0.3, 0.4) is 0 Å². The summed E-state index contributed by atoms with van der Waals surface area (Å²) >= 11 is 1.95. The highest BCUT2D eigenvalue weighted by atomic mass is 32.2. The average molecular weight is 1560 g/mol. The van der Waals surface area contributed by atoms with Gasteiger partial charge in [0.15, 0.2) is 0 Å². The third-order valence-corrected chi connectivity index (χ3v) is 19.9. The fraction of sp³-hybridized carbons (Fsp3) is 0.541. The summed E-state index contributed by atoms with van der Waals surface area (Å²) in [4.78, 5) is 34.8. The number of nitrogens with two attached hydrogens (primary N) is 1. The zero-order valence-electron chi connectivity index (χ0n) is 69.8. The SMILES string of the molecule is C.CCCOc1cccc(CCC2(O)CCSCC2)c1.CCCOc1cccc(CCC2CCCCO2)c1.CCCOc1cccc(CCCCC(=O)CC)c1.CCCOc1cccc(CCCCC(=O)N(C)C)c1.CCCOc1cccc(CCCCC(N)=O)c1.CCCOc1cccc(CCCCc2ccccc2)c1. The number of thioether (sulfide) groups is 1. The van der Waals surface area contributed by atoms with Crippen molar-refractivity contribution in [2.45, 2.75) is 273 Å². The molecule has 13 nitrogen and oxygen atoms in total. The largest absolute Gasteiger partial charge is 0.494 e. The second-order valence-electron chi connectivity index (χ2n) is 29.3. The standard InChI is InChI=1S/C19H24O.C16H25NO2.C16H24O2S.2C16H24O2.C14H21NO2.CH4/c1-2-15-20-19-14-8-13-18(16-19)12-7-6-11-17-9-4-3-5-10-17;1-4-12-19-15-10-7-9-14(13-15)8-5-6-11-16(18)17(2)3;1-2-10-18-15-5-3-4-14(13-15)6-7-16(17)8-11-19-12-9-16;1-2-11-17-16-8-5-6-14(13-16)9-10-15-7-3-4-12-18-15;1-3-12-18-16-11-7-9-14(13-16)8-5-6-10-15(17)4-2;1-2-10-17-13-8-5-7-12(11-13)6-3-4-9-14(15)16;/h3-5,8-10,13-14,16H,2,6-7,11-12,15H2,1H3;7,9-10,13H,4-6,8,11-12H2,1-3H3;3-5,13,17H,2,6-12H2,1H3;5-6,8,13,15H,2-4,7,9-12H2,1H3;7,9,11,13H,3-6,8,10,12H2,1-2H3;5,7-8,11H,2-4,6,9-10H2,1H3,(H2,15,16);1H4. The summed E-state index contributed by atoms with van der Waals surface area (Å²) < 4.78 is 39.5. The molecule has 1 unspecified atom stereocenters. The maximum absolute atomic E-state index is 11.4. The second-order valence-corrected chi connectivity index (χ2v) is 30.5. The van der Waals surface area contributed by atoms with Crippen LogP contribution in [-0.2, 0) is 64.1 Å². The molecule has 2 heterocycles. The van der Waals surface area contributed by atoms with Crippen LogP contribution < -0.4 is 34.2 Å². The summed E-state index contributed by atoms with van der Waals surface area (Å²) in [5.41, 5.74) is 13.9. The van der Waals surface area contributed by atoms with Crippen molar-refractivity contribution in [1.82, 2.24) is 4.90 Å². The van der Waals surface area contributed by atoms with E-state index in [9.17, 15) is 19.5 Å². The van der Waals surface area contributed by atoms with Gasteiger partial charge in [-0.25, -0.2) is 0 Å². The molecular formula is C98H146N2O11S. The van der Waals surface area contributed by atoms with Crippen molar-refractivity contribution in [2.75, 3.05) is 71.8 Å². The molecule has 0 saturated carbocycles. The molecule has 7 aromatic carbocycles. The highest BCUT2D eigenvalue weighted by molar-refractivity contribution is 7.99. The van der Waals surface area contributed by atoms with Crippen LogP contribution in [0.1, 0.15) is 255 Å². The number of carbonyl (C=O) groups is 3. The van der Waals surface area contributed by atoms with E-state index in [1.165, 1.54) is 77.5 Å². The van der Waals surface area contributed by atoms with Crippen molar-refractivity contribution >= 4 is 29.4 Å². The number of nitrogens with zero attached hydrogens (tertiary/aromatic N) is 1. The Balaban J connectivity index is 0.000000348. The monoisotopic (exact) mass is 1560 g/mol. The molecule has 2 amide bonds. The van der Waals surface area contributed by atoms with Crippen molar-refractivity contribution in [3.05, 3.63) is 215 Å². The number of carbonyl (C=O) groups excluding carboxylic acids is 3. The Kier molecular flexibility index (Phi) is 55.9. The zero-order valence-corrected chi connectivity index (χ0v) is 70.6. The maximum atomic E-state index is 11.4. The number of unbranched alkanes of at least 4 members (excludes halogenated alkanes) is 4. The number of primary amides is 1. The first kappa shape index (κ1) is 98.4. The molecule has 2 aliphatic heterocycles. The van der Waals surface area contributed by atoms with E-state index in [1.807, 2.05) is 79.3 Å². The van der Waals surface area contributed by atoms with Crippen molar-refractivity contribution in [1.29, 1.82) is 0 Å². The third-order valence-electron chi connectivity index (χ3n) is 18.9. The van der Waals surface area contributed by atoms with Crippen LogP contribution >= 0.6 is 11.8 Å². The Hall–Kier alpha value is -7.78. The molecule has 0 radical (unpaired) electrons.